The summed E-state index contributed by atoms with van der Waals surface area (Å²) in [4.78, 5) is 0. The molecule has 0 aliphatic rings. The number of nitrogens with zero attached hydrogens (tertiary/aromatic N) is 1. The predicted molar refractivity (Wildman–Crippen MR) is 89.7 cm³/mol. The van der Waals surface area contributed by atoms with E-state index in [1.807, 2.05) is 0 Å². The van der Waals surface area contributed by atoms with Gasteiger partial charge in [-0.3, -0.25) is 4.48 Å². The van der Waals surface area contributed by atoms with Crippen LogP contribution in [0.3, 0.4) is 0 Å². The van der Waals surface area contributed by atoms with Crippen molar-refractivity contribution in [2.24, 2.45) is 0 Å². The van der Waals surface area contributed by atoms with Gasteiger partial charge in [-0.2, -0.15) is 0 Å². The Morgan fingerprint density at radius 3 is 1.76 bits per heavy atom. The summed E-state index contributed by atoms with van der Waals surface area (Å²) in [5, 5.41) is 8.18. The Hall–Kier alpha value is -1.83. The Balaban J connectivity index is 0.00000132. The lowest BCUT2D eigenvalue weighted by atomic mass is 9.93. The van der Waals surface area contributed by atoms with Crippen molar-refractivity contribution >= 4 is 38.0 Å². The van der Waals surface area contributed by atoms with Crippen LogP contribution in [-0.4, -0.2) is 21.1 Å². The van der Waals surface area contributed by atoms with Crippen LogP contribution >= 0.6 is 0 Å². The van der Waals surface area contributed by atoms with Crippen molar-refractivity contribution in [3.8, 4) is 0 Å². The van der Waals surface area contributed by atoms with E-state index in [4.69, 9.17) is 0 Å². The molecule has 0 N–H and O–H groups in total. The monoisotopic (exact) mass is 295 g/mol. The van der Waals surface area contributed by atoms with Gasteiger partial charge in [0.1, 0.15) is 5.69 Å². The van der Waals surface area contributed by atoms with E-state index >= 15 is 0 Å². The van der Waals surface area contributed by atoms with Gasteiger partial charge in [0.2, 0.25) is 0 Å². The lowest BCUT2D eigenvalue weighted by molar-refractivity contribution is -0.00000407. The summed E-state index contributed by atoms with van der Waals surface area (Å²) in [5.74, 6) is 0. The molecule has 21 heavy (non-hydrogen) atoms. The molecule has 0 radical (unpaired) electrons. The maximum absolute atomic E-state index is 2.28. The molecule has 0 aliphatic carbocycles. The zero-order chi connectivity index (χ0) is 13.9. The van der Waals surface area contributed by atoms with Crippen molar-refractivity contribution in [2.75, 3.05) is 21.1 Å². The molecule has 4 rings (SSSR count). The Morgan fingerprint density at radius 2 is 1.14 bits per heavy atom. The minimum Gasteiger partial charge on any atom is -1.00 e. The Morgan fingerprint density at radius 1 is 0.619 bits per heavy atom. The summed E-state index contributed by atoms with van der Waals surface area (Å²) in [5.41, 5.74) is 1.37. The number of rotatable bonds is 1. The second-order valence-electron chi connectivity index (χ2n) is 6.45. The molecule has 0 aliphatic heterocycles. The molecular formula is C19H18ClN. The molecule has 0 saturated heterocycles. The third-order valence-corrected chi connectivity index (χ3v) is 4.23. The number of halogens is 1. The third-order valence-electron chi connectivity index (χ3n) is 4.23. The lowest BCUT2D eigenvalue weighted by Gasteiger charge is -2.26. The highest BCUT2D eigenvalue weighted by Crippen LogP contribution is 2.39. The number of quaternary nitrogens is 1. The molecule has 0 bridgehead atoms. The summed E-state index contributed by atoms with van der Waals surface area (Å²) in [6.45, 7) is 0. The van der Waals surface area contributed by atoms with E-state index in [-0.39, 0.29) is 12.4 Å². The molecule has 0 fully saturated rings. The summed E-state index contributed by atoms with van der Waals surface area (Å²) in [6.07, 6.45) is 0. The van der Waals surface area contributed by atoms with Crippen LogP contribution in [0.5, 0.6) is 0 Å². The lowest BCUT2D eigenvalue weighted by Crippen LogP contribution is -3.00. The molecule has 0 amide bonds. The van der Waals surface area contributed by atoms with Gasteiger partial charge in [-0.05, 0) is 33.7 Å². The van der Waals surface area contributed by atoms with Crippen LogP contribution in [0.2, 0.25) is 0 Å². The first-order chi connectivity index (χ1) is 9.55. The fraction of sp³-hybridized carbons (Fsp3) is 0.158. The van der Waals surface area contributed by atoms with Crippen molar-refractivity contribution in [2.45, 2.75) is 0 Å². The SMILES string of the molecule is C[N+](C)(C)c1ccc2ccc3cccc4ccc1c2c34.[Cl-]. The number of hydrogen-bond donors (Lipinski definition) is 0. The minimum absolute atomic E-state index is 0. The van der Waals surface area contributed by atoms with Crippen molar-refractivity contribution < 1.29 is 12.4 Å². The van der Waals surface area contributed by atoms with E-state index in [9.17, 15) is 0 Å². The smallest absolute Gasteiger partial charge is 0.140 e. The molecule has 4 aromatic rings. The Labute approximate surface area is 131 Å². The van der Waals surface area contributed by atoms with E-state index in [0.29, 0.717) is 0 Å². The summed E-state index contributed by atoms with van der Waals surface area (Å²) < 4.78 is 0.841. The first-order valence-electron chi connectivity index (χ1n) is 7.04. The van der Waals surface area contributed by atoms with Crippen molar-refractivity contribution in [1.82, 2.24) is 4.48 Å². The number of benzene rings is 4. The van der Waals surface area contributed by atoms with Gasteiger partial charge in [0.25, 0.3) is 0 Å². The maximum atomic E-state index is 2.28. The molecule has 0 saturated carbocycles. The third kappa shape index (κ3) is 1.97. The van der Waals surface area contributed by atoms with E-state index in [1.165, 1.54) is 38.0 Å². The largest absolute Gasteiger partial charge is 1.00 e. The fourth-order valence-electron chi connectivity index (χ4n) is 3.30. The average molecular weight is 296 g/mol. The van der Waals surface area contributed by atoms with E-state index in [0.717, 1.165) is 4.48 Å². The highest BCUT2D eigenvalue weighted by molar-refractivity contribution is 6.25. The molecule has 1 nitrogen and oxygen atoms in total. The second kappa shape index (κ2) is 4.59. The Bertz CT molecular complexity index is 919. The molecule has 0 unspecified atom stereocenters. The van der Waals surface area contributed by atoms with Gasteiger partial charge in [-0.1, -0.05) is 36.4 Å². The molecule has 0 aromatic heterocycles. The molecule has 106 valence electrons. The first kappa shape index (κ1) is 14.1. The second-order valence-corrected chi connectivity index (χ2v) is 6.45. The molecule has 0 spiro atoms. The van der Waals surface area contributed by atoms with Crippen LogP contribution in [0.15, 0.2) is 54.6 Å². The van der Waals surface area contributed by atoms with Crippen LogP contribution in [-0.2, 0) is 0 Å². The quantitative estimate of drug-likeness (QED) is 0.371. The standard InChI is InChI=1S/C19H18N.ClH/c1-20(2,3)17-12-10-15-8-7-13-5-4-6-14-9-11-16(17)19(15)18(13)14;/h4-12H,1-3H3;1H/q+1;/p-1. The normalized spacial score (nSPS) is 12.1. The number of hydrogen-bond acceptors (Lipinski definition) is 0. The zero-order valence-electron chi connectivity index (χ0n) is 12.5. The summed E-state index contributed by atoms with van der Waals surface area (Å²) >= 11 is 0. The molecular weight excluding hydrogens is 278 g/mol. The molecule has 0 atom stereocenters. The summed E-state index contributed by atoms with van der Waals surface area (Å²) in [6, 6.07) is 20.1. The van der Waals surface area contributed by atoms with Gasteiger partial charge in [0.15, 0.2) is 0 Å². The van der Waals surface area contributed by atoms with E-state index in [1.54, 1.807) is 0 Å². The van der Waals surface area contributed by atoms with E-state index in [2.05, 4.69) is 75.7 Å². The first-order valence-corrected chi connectivity index (χ1v) is 7.04. The van der Waals surface area contributed by atoms with Gasteiger partial charge < -0.3 is 12.4 Å². The van der Waals surface area contributed by atoms with Crippen molar-refractivity contribution in [1.29, 1.82) is 0 Å². The maximum Gasteiger partial charge on any atom is 0.140 e. The highest BCUT2D eigenvalue weighted by Gasteiger charge is 2.18. The Kier molecular flexibility index (Phi) is 3.09. The summed E-state index contributed by atoms with van der Waals surface area (Å²) in [7, 11) is 6.68. The van der Waals surface area contributed by atoms with Gasteiger partial charge in [-0.25, -0.2) is 0 Å². The average Bonchev–Trinajstić information content (AvgIpc) is 2.43. The van der Waals surface area contributed by atoms with E-state index < -0.39 is 0 Å². The minimum atomic E-state index is 0. The predicted octanol–water partition coefficient (Wildman–Crippen LogP) is 1.78. The molecule has 4 aromatic carbocycles. The van der Waals surface area contributed by atoms with Gasteiger partial charge >= 0.3 is 0 Å². The van der Waals surface area contributed by atoms with Crippen LogP contribution in [0.1, 0.15) is 0 Å². The van der Waals surface area contributed by atoms with Crippen LogP contribution in [0.25, 0.3) is 32.3 Å². The van der Waals surface area contributed by atoms with Crippen molar-refractivity contribution in [3.63, 3.8) is 0 Å². The zero-order valence-corrected chi connectivity index (χ0v) is 13.3. The van der Waals surface area contributed by atoms with Gasteiger partial charge in [-0.15, -0.1) is 0 Å². The fourth-order valence-corrected chi connectivity index (χ4v) is 3.30. The van der Waals surface area contributed by atoms with Crippen LogP contribution in [0, 0.1) is 0 Å². The molecule has 2 heteroatoms. The van der Waals surface area contributed by atoms with Gasteiger partial charge in [0, 0.05) is 16.8 Å². The molecule has 0 heterocycles. The topological polar surface area (TPSA) is 0 Å². The van der Waals surface area contributed by atoms with Gasteiger partial charge in [0.05, 0.1) is 21.1 Å². The van der Waals surface area contributed by atoms with Crippen LogP contribution < -0.4 is 16.9 Å². The van der Waals surface area contributed by atoms with Crippen molar-refractivity contribution in [3.05, 3.63) is 54.6 Å². The van der Waals surface area contributed by atoms with Crippen LogP contribution in [0.4, 0.5) is 5.69 Å². The highest BCUT2D eigenvalue weighted by atomic mass is 35.5.